The van der Waals surface area contributed by atoms with E-state index in [1.807, 2.05) is 0 Å². The SMILES string of the molecule is C=CCc1cc(N)ccc1OCC(F)F. The van der Waals surface area contributed by atoms with E-state index in [0.717, 1.165) is 5.56 Å². The third-order valence-electron chi connectivity index (χ3n) is 1.81. The molecule has 82 valence electrons. The first-order chi connectivity index (χ1) is 7.13. The van der Waals surface area contributed by atoms with Gasteiger partial charge in [-0.2, -0.15) is 0 Å². The average molecular weight is 213 g/mol. The molecule has 0 radical (unpaired) electrons. The number of allylic oxidation sites excluding steroid dienone is 1. The second-order valence-corrected chi connectivity index (χ2v) is 3.06. The largest absolute Gasteiger partial charge is 0.487 e. The first-order valence-electron chi connectivity index (χ1n) is 4.53. The molecule has 0 aliphatic rings. The fourth-order valence-electron chi connectivity index (χ4n) is 1.21. The smallest absolute Gasteiger partial charge is 0.272 e. The molecule has 2 N–H and O–H groups in total. The molecule has 0 atom stereocenters. The van der Waals surface area contributed by atoms with Gasteiger partial charge in [-0.3, -0.25) is 0 Å². The number of benzene rings is 1. The van der Waals surface area contributed by atoms with E-state index in [4.69, 9.17) is 10.5 Å². The maximum absolute atomic E-state index is 11.9. The Morgan fingerprint density at radius 1 is 1.47 bits per heavy atom. The lowest BCUT2D eigenvalue weighted by Gasteiger charge is -2.10. The van der Waals surface area contributed by atoms with Crippen LogP contribution in [0.15, 0.2) is 30.9 Å². The maximum Gasteiger partial charge on any atom is 0.272 e. The van der Waals surface area contributed by atoms with E-state index in [9.17, 15) is 8.78 Å². The van der Waals surface area contributed by atoms with Gasteiger partial charge in [-0.1, -0.05) is 6.08 Å². The number of nitrogens with two attached hydrogens (primary N) is 1. The van der Waals surface area contributed by atoms with Crippen LogP contribution >= 0.6 is 0 Å². The number of nitrogen functional groups attached to an aromatic ring is 1. The Kier molecular flexibility index (Phi) is 4.09. The van der Waals surface area contributed by atoms with Gasteiger partial charge in [-0.25, -0.2) is 8.78 Å². The monoisotopic (exact) mass is 213 g/mol. The summed E-state index contributed by atoms with van der Waals surface area (Å²) < 4.78 is 28.8. The molecule has 0 saturated carbocycles. The van der Waals surface area contributed by atoms with Gasteiger partial charge >= 0.3 is 0 Å². The lowest BCUT2D eigenvalue weighted by Crippen LogP contribution is -2.08. The zero-order chi connectivity index (χ0) is 11.3. The fourth-order valence-corrected chi connectivity index (χ4v) is 1.21. The van der Waals surface area contributed by atoms with Crippen LogP contribution in [0.3, 0.4) is 0 Å². The Morgan fingerprint density at radius 2 is 2.20 bits per heavy atom. The van der Waals surface area contributed by atoms with Gasteiger partial charge in [-0.15, -0.1) is 6.58 Å². The molecular weight excluding hydrogens is 200 g/mol. The molecule has 1 aromatic rings. The lowest BCUT2D eigenvalue weighted by atomic mass is 10.1. The van der Waals surface area contributed by atoms with Crippen LogP contribution < -0.4 is 10.5 Å². The van der Waals surface area contributed by atoms with E-state index in [1.165, 1.54) is 0 Å². The Bertz CT molecular complexity index is 339. The van der Waals surface area contributed by atoms with Crippen LogP contribution in [0.4, 0.5) is 14.5 Å². The summed E-state index contributed by atoms with van der Waals surface area (Å²) in [6.45, 7) is 2.97. The second-order valence-electron chi connectivity index (χ2n) is 3.06. The molecule has 0 spiro atoms. The molecule has 2 nitrogen and oxygen atoms in total. The molecule has 0 bridgehead atoms. The topological polar surface area (TPSA) is 35.2 Å². The molecule has 1 aromatic carbocycles. The number of hydrogen-bond acceptors (Lipinski definition) is 2. The number of ether oxygens (including phenoxy) is 1. The van der Waals surface area contributed by atoms with Crippen LogP contribution in [0.2, 0.25) is 0 Å². The zero-order valence-corrected chi connectivity index (χ0v) is 8.25. The summed E-state index contributed by atoms with van der Waals surface area (Å²) in [4.78, 5) is 0. The molecule has 0 fully saturated rings. The van der Waals surface area contributed by atoms with Gasteiger partial charge in [0.1, 0.15) is 12.4 Å². The number of halogens is 2. The number of rotatable bonds is 5. The van der Waals surface area contributed by atoms with Crippen LogP contribution in [0, 0.1) is 0 Å². The highest BCUT2D eigenvalue weighted by atomic mass is 19.3. The fraction of sp³-hybridized carbons (Fsp3) is 0.273. The van der Waals surface area contributed by atoms with Crippen LogP contribution in [-0.2, 0) is 6.42 Å². The van der Waals surface area contributed by atoms with E-state index < -0.39 is 13.0 Å². The van der Waals surface area contributed by atoms with Crippen molar-refractivity contribution in [3.8, 4) is 5.75 Å². The van der Waals surface area contributed by atoms with Crippen LogP contribution in [0.25, 0.3) is 0 Å². The van der Waals surface area contributed by atoms with E-state index in [0.29, 0.717) is 17.9 Å². The highest BCUT2D eigenvalue weighted by molar-refractivity contribution is 5.48. The first-order valence-corrected chi connectivity index (χ1v) is 4.53. The van der Waals surface area contributed by atoms with Crippen molar-refractivity contribution in [2.24, 2.45) is 0 Å². The minimum Gasteiger partial charge on any atom is -0.487 e. The van der Waals surface area contributed by atoms with Gasteiger partial charge in [-0.05, 0) is 30.2 Å². The van der Waals surface area contributed by atoms with Crippen molar-refractivity contribution in [1.82, 2.24) is 0 Å². The Balaban J connectivity index is 2.80. The van der Waals surface area contributed by atoms with E-state index in [2.05, 4.69) is 6.58 Å². The summed E-state index contributed by atoms with van der Waals surface area (Å²) in [6, 6.07) is 4.91. The van der Waals surface area contributed by atoms with Crippen LogP contribution in [-0.4, -0.2) is 13.0 Å². The zero-order valence-electron chi connectivity index (χ0n) is 8.25. The highest BCUT2D eigenvalue weighted by Crippen LogP contribution is 2.22. The number of hydrogen-bond donors (Lipinski definition) is 1. The van der Waals surface area contributed by atoms with Crippen LogP contribution in [0.1, 0.15) is 5.56 Å². The summed E-state index contributed by atoms with van der Waals surface area (Å²) in [6.07, 6.45) is -0.257. The van der Waals surface area contributed by atoms with E-state index in [-0.39, 0.29) is 0 Å². The highest BCUT2D eigenvalue weighted by Gasteiger charge is 2.07. The summed E-state index contributed by atoms with van der Waals surface area (Å²) in [5.41, 5.74) is 6.92. The molecule has 0 aliphatic heterocycles. The Hall–Kier alpha value is -1.58. The van der Waals surface area contributed by atoms with Crippen molar-refractivity contribution in [2.45, 2.75) is 12.8 Å². The van der Waals surface area contributed by atoms with E-state index >= 15 is 0 Å². The van der Waals surface area contributed by atoms with Crippen molar-refractivity contribution >= 4 is 5.69 Å². The third-order valence-corrected chi connectivity index (χ3v) is 1.81. The van der Waals surface area contributed by atoms with Crippen molar-refractivity contribution in [2.75, 3.05) is 12.3 Å². The molecular formula is C11H13F2NO. The predicted octanol–water partition coefficient (Wildman–Crippen LogP) is 2.64. The summed E-state index contributed by atoms with van der Waals surface area (Å²) in [5.74, 6) is 0.435. The van der Waals surface area contributed by atoms with Gasteiger partial charge in [0.25, 0.3) is 6.43 Å². The summed E-state index contributed by atoms with van der Waals surface area (Å²) >= 11 is 0. The molecule has 0 amide bonds. The lowest BCUT2D eigenvalue weighted by molar-refractivity contribution is 0.0815. The molecule has 0 saturated heterocycles. The number of alkyl halides is 2. The Labute approximate surface area is 87.4 Å². The average Bonchev–Trinajstić information content (AvgIpc) is 2.17. The van der Waals surface area contributed by atoms with Gasteiger partial charge in [0, 0.05) is 5.69 Å². The number of anilines is 1. The van der Waals surface area contributed by atoms with Crippen LogP contribution in [0.5, 0.6) is 5.75 Å². The minimum atomic E-state index is -2.47. The van der Waals surface area contributed by atoms with Gasteiger partial charge in [0.2, 0.25) is 0 Å². The molecule has 4 heteroatoms. The standard InChI is InChI=1S/C11H13F2NO/c1-2-3-8-6-9(14)4-5-10(8)15-7-11(12)13/h2,4-6,11H,1,3,7,14H2. The van der Waals surface area contributed by atoms with E-state index in [1.54, 1.807) is 24.3 Å². The van der Waals surface area contributed by atoms with Crippen molar-refractivity contribution in [3.05, 3.63) is 36.4 Å². The third kappa shape index (κ3) is 3.58. The molecule has 0 aliphatic carbocycles. The van der Waals surface area contributed by atoms with Gasteiger partial charge < -0.3 is 10.5 Å². The van der Waals surface area contributed by atoms with Crippen molar-refractivity contribution in [3.63, 3.8) is 0 Å². The van der Waals surface area contributed by atoms with Gasteiger partial charge in [0.05, 0.1) is 0 Å². The minimum absolute atomic E-state index is 0.435. The maximum atomic E-state index is 11.9. The molecule has 15 heavy (non-hydrogen) atoms. The first kappa shape index (κ1) is 11.5. The predicted molar refractivity (Wildman–Crippen MR) is 56.3 cm³/mol. The summed E-state index contributed by atoms with van der Waals surface area (Å²) in [5, 5.41) is 0. The molecule has 0 aromatic heterocycles. The van der Waals surface area contributed by atoms with Crippen molar-refractivity contribution in [1.29, 1.82) is 0 Å². The summed E-state index contributed by atoms with van der Waals surface area (Å²) in [7, 11) is 0. The second kappa shape index (κ2) is 5.34. The van der Waals surface area contributed by atoms with Gasteiger partial charge in [0.15, 0.2) is 0 Å². The van der Waals surface area contributed by atoms with Crippen molar-refractivity contribution < 1.29 is 13.5 Å². The molecule has 1 rings (SSSR count). The quantitative estimate of drug-likeness (QED) is 0.602. The molecule has 0 unspecified atom stereocenters. The Morgan fingerprint density at radius 3 is 2.80 bits per heavy atom. The normalized spacial score (nSPS) is 10.3. The molecule has 0 heterocycles.